The van der Waals surface area contributed by atoms with Gasteiger partial charge in [0, 0.05) is 30.9 Å². The van der Waals surface area contributed by atoms with Crippen molar-refractivity contribution >= 4 is 5.91 Å². The van der Waals surface area contributed by atoms with Crippen LogP contribution in [0.1, 0.15) is 21.5 Å². The van der Waals surface area contributed by atoms with E-state index in [4.69, 9.17) is 0 Å². The number of carbonyl (C=O) groups excluding carboxylic acids is 1. The maximum atomic E-state index is 12.8. The van der Waals surface area contributed by atoms with Crippen molar-refractivity contribution in [3.8, 4) is 5.69 Å². The molecule has 4 aromatic rings. The second kappa shape index (κ2) is 7.83. The molecular formula is C20H19N7O. The van der Waals surface area contributed by atoms with Gasteiger partial charge in [-0.05, 0) is 34.2 Å². The fourth-order valence-electron chi connectivity index (χ4n) is 2.97. The molecule has 0 bridgehead atoms. The molecule has 0 saturated heterocycles. The third kappa shape index (κ3) is 3.96. The third-order valence-electron chi connectivity index (χ3n) is 4.35. The van der Waals surface area contributed by atoms with Gasteiger partial charge in [0.1, 0.15) is 6.33 Å². The molecule has 0 fully saturated rings. The van der Waals surface area contributed by atoms with Gasteiger partial charge in [-0.1, -0.05) is 36.4 Å². The number of amides is 1. The molecule has 0 spiro atoms. The molecule has 2 aromatic carbocycles. The summed E-state index contributed by atoms with van der Waals surface area (Å²) in [7, 11) is 1.78. The fourth-order valence-corrected chi connectivity index (χ4v) is 2.97. The second-order valence-corrected chi connectivity index (χ2v) is 6.50. The molecule has 8 heteroatoms. The van der Waals surface area contributed by atoms with Crippen molar-refractivity contribution in [2.75, 3.05) is 7.05 Å². The molecule has 1 amide bonds. The van der Waals surface area contributed by atoms with Crippen LogP contribution in [0.3, 0.4) is 0 Å². The van der Waals surface area contributed by atoms with Gasteiger partial charge < -0.3 is 4.90 Å². The molecule has 8 nitrogen and oxygen atoms in total. The lowest BCUT2D eigenvalue weighted by molar-refractivity contribution is 0.0785. The Kier molecular flexibility index (Phi) is 4.92. The molecule has 0 N–H and O–H groups in total. The Balaban J connectivity index is 1.43. The van der Waals surface area contributed by atoms with Crippen LogP contribution in [0.2, 0.25) is 0 Å². The number of aromatic nitrogens is 6. The minimum Gasteiger partial charge on any atom is -0.337 e. The van der Waals surface area contributed by atoms with Crippen LogP contribution in [-0.2, 0) is 13.1 Å². The second-order valence-electron chi connectivity index (χ2n) is 6.50. The largest absolute Gasteiger partial charge is 0.337 e. The Labute approximate surface area is 162 Å². The average molecular weight is 373 g/mol. The highest BCUT2D eigenvalue weighted by Crippen LogP contribution is 2.13. The monoisotopic (exact) mass is 373 g/mol. The third-order valence-corrected chi connectivity index (χ3v) is 4.35. The Hall–Kier alpha value is -3.81. The zero-order valence-corrected chi connectivity index (χ0v) is 15.4. The summed E-state index contributed by atoms with van der Waals surface area (Å²) in [6.07, 6.45) is 5.26. The van der Waals surface area contributed by atoms with Crippen molar-refractivity contribution in [3.05, 3.63) is 90.0 Å². The van der Waals surface area contributed by atoms with E-state index >= 15 is 0 Å². The highest BCUT2D eigenvalue weighted by molar-refractivity contribution is 5.94. The van der Waals surface area contributed by atoms with E-state index in [2.05, 4.69) is 32.8 Å². The van der Waals surface area contributed by atoms with Crippen molar-refractivity contribution in [3.63, 3.8) is 0 Å². The van der Waals surface area contributed by atoms with Gasteiger partial charge >= 0.3 is 0 Å². The van der Waals surface area contributed by atoms with E-state index in [9.17, 15) is 4.79 Å². The van der Waals surface area contributed by atoms with Crippen molar-refractivity contribution in [1.82, 2.24) is 34.9 Å². The predicted octanol–water partition coefficient (Wildman–Crippen LogP) is 2.18. The highest BCUT2D eigenvalue weighted by Gasteiger charge is 2.14. The minimum absolute atomic E-state index is 0.0780. The molecule has 0 unspecified atom stereocenters. The molecule has 28 heavy (non-hydrogen) atoms. The van der Waals surface area contributed by atoms with E-state index < -0.39 is 0 Å². The molecule has 0 aliphatic rings. The molecule has 0 atom stereocenters. The first-order chi connectivity index (χ1) is 13.7. The number of carbonyl (C=O) groups is 1. The Morgan fingerprint density at radius 2 is 1.93 bits per heavy atom. The number of hydrogen-bond acceptors (Lipinski definition) is 5. The van der Waals surface area contributed by atoms with Crippen LogP contribution in [0.25, 0.3) is 5.69 Å². The number of rotatable bonds is 6. The number of tetrazole rings is 1. The fraction of sp³-hybridized carbons (Fsp3) is 0.150. The molecule has 4 rings (SSSR count). The van der Waals surface area contributed by atoms with Crippen molar-refractivity contribution in [2.45, 2.75) is 13.1 Å². The lowest BCUT2D eigenvalue weighted by atomic mass is 10.1. The maximum absolute atomic E-state index is 12.8. The smallest absolute Gasteiger partial charge is 0.253 e. The summed E-state index contributed by atoms with van der Waals surface area (Å²) in [6.45, 7) is 1.18. The lowest BCUT2D eigenvalue weighted by Crippen LogP contribution is -2.26. The number of benzene rings is 2. The van der Waals surface area contributed by atoms with Crippen molar-refractivity contribution in [1.29, 1.82) is 0 Å². The summed E-state index contributed by atoms with van der Waals surface area (Å²) in [5.41, 5.74) is 3.47. The normalized spacial score (nSPS) is 10.8. The number of nitrogens with zero attached hydrogens (tertiary/aromatic N) is 7. The maximum Gasteiger partial charge on any atom is 0.253 e. The van der Waals surface area contributed by atoms with Crippen LogP contribution in [0.5, 0.6) is 0 Å². The zero-order valence-electron chi connectivity index (χ0n) is 15.4. The summed E-state index contributed by atoms with van der Waals surface area (Å²) < 4.78 is 3.39. The molecule has 0 aliphatic carbocycles. The van der Waals surface area contributed by atoms with Crippen LogP contribution in [0.15, 0.2) is 73.3 Å². The van der Waals surface area contributed by atoms with Crippen LogP contribution in [0.4, 0.5) is 0 Å². The van der Waals surface area contributed by atoms with Gasteiger partial charge in [0.2, 0.25) is 0 Å². The molecule has 0 aliphatic heterocycles. The first-order valence-electron chi connectivity index (χ1n) is 8.83. The number of hydrogen-bond donors (Lipinski definition) is 0. The van der Waals surface area contributed by atoms with Crippen LogP contribution in [-0.4, -0.2) is 47.8 Å². The minimum atomic E-state index is -0.0780. The van der Waals surface area contributed by atoms with Gasteiger partial charge in [-0.15, -0.1) is 5.10 Å². The topological polar surface area (TPSA) is 81.7 Å². The Bertz CT molecular complexity index is 1060. The van der Waals surface area contributed by atoms with Crippen LogP contribution in [0, 0.1) is 0 Å². The van der Waals surface area contributed by atoms with Gasteiger partial charge in [-0.2, -0.15) is 5.10 Å². The first-order valence-corrected chi connectivity index (χ1v) is 8.83. The van der Waals surface area contributed by atoms with E-state index in [0.717, 1.165) is 11.3 Å². The quantitative estimate of drug-likeness (QED) is 0.517. The van der Waals surface area contributed by atoms with E-state index in [1.807, 2.05) is 41.2 Å². The first kappa shape index (κ1) is 17.6. The summed E-state index contributed by atoms with van der Waals surface area (Å²) in [6, 6.07) is 17.4. The van der Waals surface area contributed by atoms with Gasteiger partial charge in [-0.3, -0.25) is 9.48 Å². The van der Waals surface area contributed by atoms with E-state index in [-0.39, 0.29) is 5.91 Å². The van der Waals surface area contributed by atoms with Gasteiger partial charge in [0.15, 0.2) is 0 Å². The SMILES string of the molecule is CN(Cc1cnn(Cc2ccccc2)c1)C(=O)c1cccc(-n2cnnn2)c1. The van der Waals surface area contributed by atoms with E-state index in [1.165, 1.54) is 16.6 Å². The van der Waals surface area contributed by atoms with Crippen molar-refractivity contribution in [2.24, 2.45) is 0 Å². The molecule has 140 valence electrons. The molecule has 2 heterocycles. The van der Waals surface area contributed by atoms with E-state index in [1.54, 1.807) is 30.3 Å². The Morgan fingerprint density at radius 1 is 1.07 bits per heavy atom. The predicted molar refractivity (Wildman–Crippen MR) is 103 cm³/mol. The Morgan fingerprint density at radius 3 is 2.71 bits per heavy atom. The zero-order chi connectivity index (χ0) is 19.3. The summed E-state index contributed by atoms with van der Waals surface area (Å²) in [4.78, 5) is 14.5. The van der Waals surface area contributed by atoms with Crippen molar-refractivity contribution < 1.29 is 4.79 Å². The lowest BCUT2D eigenvalue weighted by Gasteiger charge is -2.16. The molecule has 0 saturated carbocycles. The van der Waals surface area contributed by atoms with Crippen LogP contribution >= 0.6 is 0 Å². The van der Waals surface area contributed by atoms with Gasteiger partial charge in [0.25, 0.3) is 5.91 Å². The summed E-state index contributed by atoms with van der Waals surface area (Å²) in [5.74, 6) is -0.0780. The van der Waals surface area contributed by atoms with E-state index in [0.29, 0.717) is 18.7 Å². The molecule has 0 radical (unpaired) electrons. The molecule has 2 aromatic heterocycles. The van der Waals surface area contributed by atoms with Gasteiger partial charge in [-0.25, -0.2) is 4.68 Å². The standard InChI is InChI=1S/C20H19N7O/c1-25(12-17-11-22-26(14-17)13-16-6-3-2-4-7-16)20(28)18-8-5-9-19(10-18)27-15-21-23-24-27/h2-11,14-15H,12-13H2,1H3. The molecular weight excluding hydrogens is 354 g/mol. The average Bonchev–Trinajstić information content (AvgIpc) is 3.41. The summed E-state index contributed by atoms with van der Waals surface area (Å²) in [5, 5.41) is 15.5. The highest BCUT2D eigenvalue weighted by atomic mass is 16.2. The van der Waals surface area contributed by atoms with Crippen LogP contribution < -0.4 is 0 Å². The summed E-state index contributed by atoms with van der Waals surface area (Å²) >= 11 is 0. The van der Waals surface area contributed by atoms with Gasteiger partial charge in [0.05, 0.1) is 18.4 Å².